The van der Waals surface area contributed by atoms with Gasteiger partial charge in [0, 0.05) is 12.1 Å². The Morgan fingerprint density at radius 1 is 0.760 bits per heavy atom. The van der Waals surface area contributed by atoms with Crippen LogP contribution < -0.4 is 4.57 Å². The molecular formula is C16H17F5NO3+. The van der Waals surface area contributed by atoms with Gasteiger partial charge in [-0.1, -0.05) is 6.07 Å². The summed E-state index contributed by atoms with van der Waals surface area (Å²) in [6, 6.07) is 5.67. The molecule has 0 aromatic carbocycles. The van der Waals surface area contributed by atoms with E-state index in [1.54, 1.807) is 0 Å². The first kappa shape index (κ1) is 19.5. The molecule has 138 valence electrons. The number of nitrogens with zero attached hydrogens (tertiary/aromatic N) is 1. The van der Waals surface area contributed by atoms with Gasteiger partial charge in [-0.2, -0.15) is 4.39 Å². The van der Waals surface area contributed by atoms with E-state index in [9.17, 15) is 22.0 Å². The largest absolute Gasteiger partial charge is 0.377 e. The zero-order valence-corrected chi connectivity index (χ0v) is 13.2. The zero-order chi connectivity index (χ0) is 18.3. The van der Waals surface area contributed by atoms with Gasteiger partial charge >= 0.3 is 5.85 Å². The molecule has 0 radical (unpaired) electrons. The van der Waals surface area contributed by atoms with Crippen LogP contribution in [0.3, 0.4) is 0 Å². The molecule has 4 nitrogen and oxygen atoms in total. The highest BCUT2D eigenvalue weighted by Crippen LogP contribution is 2.46. The van der Waals surface area contributed by atoms with Crippen molar-refractivity contribution in [1.29, 1.82) is 0 Å². The molecular weight excluding hydrogens is 349 g/mol. The van der Waals surface area contributed by atoms with E-state index in [0.29, 0.717) is 13.2 Å². The highest BCUT2D eigenvalue weighted by atomic mass is 19.2. The monoisotopic (exact) mass is 366 g/mol. The third kappa shape index (κ3) is 4.83. The lowest BCUT2D eigenvalue weighted by Gasteiger charge is -2.18. The second-order valence-electron chi connectivity index (χ2n) is 5.04. The Balaban J connectivity index is 1.55. The van der Waals surface area contributed by atoms with Crippen molar-refractivity contribution in [3.63, 3.8) is 0 Å². The van der Waals surface area contributed by atoms with Gasteiger partial charge in [-0.05, 0) is 0 Å². The quantitative estimate of drug-likeness (QED) is 0.362. The van der Waals surface area contributed by atoms with Gasteiger partial charge in [0.1, 0.15) is 6.61 Å². The van der Waals surface area contributed by atoms with Gasteiger partial charge in [0.05, 0.1) is 26.4 Å². The first-order valence-corrected chi connectivity index (χ1v) is 7.51. The highest BCUT2D eigenvalue weighted by Gasteiger charge is 2.53. The summed E-state index contributed by atoms with van der Waals surface area (Å²) in [5.41, 5.74) is 0. The van der Waals surface area contributed by atoms with Crippen LogP contribution >= 0.6 is 0 Å². The van der Waals surface area contributed by atoms with E-state index >= 15 is 0 Å². The predicted octanol–water partition coefficient (Wildman–Crippen LogP) is 3.00. The van der Waals surface area contributed by atoms with Gasteiger partial charge < -0.3 is 14.2 Å². The Morgan fingerprint density at radius 2 is 1.28 bits per heavy atom. The number of pyridine rings is 1. The van der Waals surface area contributed by atoms with Crippen molar-refractivity contribution in [2.24, 2.45) is 0 Å². The summed E-state index contributed by atoms with van der Waals surface area (Å²) in [7, 11) is 0. The first-order valence-electron chi connectivity index (χ1n) is 7.51. The van der Waals surface area contributed by atoms with Crippen LogP contribution in [0, 0.1) is 0 Å². The molecule has 1 aromatic rings. The van der Waals surface area contributed by atoms with Gasteiger partial charge in [0.25, 0.3) is 0 Å². The number of allylic oxidation sites excluding steroid dienone is 2. The minimum absolute atomic E-state index is 0.140. The summed E-state index contributed by atoms with van der Waals surface area (Å²) >= 11 is 0. The number of aromatic nitrogens is 1. The summed E-state index contributed by atoms with van der Waals surface area (Å²) in [5.74, 6) is -12.9. The molecule has 0 bridgehead atoms. The average Bonchev–Trinajstić information content (AvgIpc) is 2.77. The third-order valence-corrected chi connectivity index (χ3v) is 3.31. The van der Waals surface area contributed by atoms with Crippen molar-refractivity contribution in [2.45, 2.75) is 12.4 Å². The fraction of sp³-hybridized carbons (Fsp3) is 0.438. The van der Waals surface area contributed by atoms with Crippen molar-refractivity contribution < 1.29 is 40.7 Å². The third-order valence-electron chi connectivity index (χ3n) is 3.31. The van der Waals surface area contributed by atoms with Gasteiger partial charge in [-0.15, -0.1) is 0 Å². The van der Waals surface area contributed by atoms with Crippen LogP contribution in [0.15, 0.2) is 53.9 Å². The molecule has 25 heavy (non-hydrogen) atoms. The SMILES string of the molecule is FC1=C(F)C(F)(OCCOCCOCC[n+]2ccccc2)C(F)=C1F. The number of alkyl halides is 1. The van der Waals surface area contributed by atoms with Crippen LogP contribution in [0.25, 0.3) is 0 Å². The fourth-order valence-corrected chi connectivity index (χ4v) is 2.01. The van der Waals surface area contributed by atoms with Crippen molar-refractivity contribution in [2.75, 3.05) is 33.0 Å². The van der Waals surface area contributed by atoms with Gasteiger partial charge in [0.2, 0.25) is 11.7 Å². The normalized spacial score (nSPS) is 16.8. The molecule has 0 unspecified atom stereocenters. The molecule has 2 rings (SSSR count). The average molecular weight is 366 g/mol. The van der Waals surface area contributed by atoms with Crippen LogP contribution in [-0.2, 0) is 20.8 Å². The maximum Gasteiger partial charge on any atom is 0.320 e. The molecule has 0 aliphatic heterocycles. The van der Waals surface area contributed by atoms with Crippen LogP contribution in [0.5, 0.6) is 0 Å². The van der Waals surface area contributed by atoms with Crippen LogP contribution in [-0.4, -0.2) is 38.9 Å². The predicted molar refractivity (Wildman–Crippen MR) is 76.6 cm³/mol. The van der Waals surface area contributed by atoms with Crippen molar-refractivity contribution in [3.8, 4) is 0 Å². The Bertz CT molecular complexity index is 612. The van der Waals surface area contributed by atoms with Crippen LogP contribution in [0.2, 0.25) is 0 Å². The van der Waals surface area contributed by atoms with E-state index in [2.05, 4.69) is 4.74 Å². The molecule has 0 N–H and O–H groups in total. The Labute approximate surface area is 141 Å². The summed E-state index contributed by atoms with van der Waals surface area (Å²) in [5, 5.41) is 0. The Morgan fingerprint density at radius 3 is 1.88 bits per heavy atom. The van der Waals surface area contributed by atoms with E-state index in [1.165, 1.54) is 0 Å². The van der Waals surface area contributed by atoms with Gasteiger partial charge in [0.15, 0.2) is 30.6 Å². The van der Waals surface area contributed by atoms with E-state index in [-0.39, 0.29) is 19.8 Å². The Hall–Kier alpha value is -1.84. The lowest BCUT2D eigenvalue weighted by atomic mass is 10.3. The molecule has 0 saturated heterocycles. The summed E-state index contributed by atoms with van der Waals surface area (Å²) in [4.78, 5) is 0. The summed E-state index contributed by atoms with van der Waals surface area (Å²) < 4.78 is 82.2. The summed E-state index contributed by atoms with van der Waals surface area (Å²) in [6.07, 6.45) is 3.78. The molecule has 1 aromatic heterocycles. The van der Waals surface area contributed by atoms with Crippen molar-refractivity contribution >= 4 is 0 Å². The molecule has 1 aliphatic rings. The molecule has 0 atom stereocenters. The van der Waals surface area contributed by atoms with Crippen LogP contribution in [0.4, 0.5) is 22.0 Å². The second-order valence-corrected chi connectivity index (χ2v) is 5.04. The number of ether oxygens (including phenoxy) is 3. The number of hydrogen-bond acceptors (Lipinski definition) is 3. The van der Waals surface area contributed by atoms with Gasteiger partial charge in [-0.25, -0.2) is 22.1 Å². The molecule has 1 heterocycles. The molecule has 1 aliphatic carbocycles. The van der Waals surface area contributed by atoms with E-state index in [1.807, 2.05) is 35.2 Å². The smallest absolute Gasteiger partial charge is 0.320 e. The fourth-order valence-electron chi connectivity index (χ4n) is 2.01. The Kier molecular flexibility index (Phi) is 7.03. The highest BCUT2D eigenvalue weighted by molar-refractivity contribution is 5.42. The molecule has 0 amide bonds. The molecule has 0 spiro atoms. The molecule has 9 heteroatoms. The van der Waals surface area contributed by atoms with Crippen molar-refractivity contribution in [1.82, 2.24) is 0 Å². The number of hydrogen-bond donors (Lipinski definition) is 0. The minimum Gasteiger partial charge on any atom is -0.377 e. The standard InChI is InChI=1S/C16H17F5NO3/c17-12-13(18)15(20)16(21,14(12)19)25-11-10-24-9-8-23-7-6-22-4-2-1-3-5-22/h1-5H,6-11H2/q+1. The topological polar surface area (TPSA) is 31.6 Å². The maximum absolute atomic E-state index is 13.8. The summed E-state index contributed by atoms with van der Waals surface area (Å²) in [6.45, 7) is 0.667. The first-order chi connectivity index (χ1) is 12.0. The van der Waals surface area contributed by atoms with E-state index in [4.69, 9.17) is 9.47 Å². The maximum atomic E-state index is 13.8. The molecule has 0 fully saturated rings. The number of halogens is 5. The van der Waals surface area contributed by atoms with E-state index in [0.717, 1.165) is 0 Å². The zero-order valence-electron chi connectivity index (χ0n) is 13.2. The van der Waals surface area contributed by atoms with Crippen molar-refractivity contribution in [3.05, 3.63) is 53.9 Å². The van der Waals surface area contributed by atoms with E-state index < -0.39 is 35.8 Å². The minimum atomic E-state index is -3.86. The second kappa shape index (κ2) is 9.02. The molecule has 0 saturated carbocycles. The lowest BCUT2D eigenvalue weighted by molar-refractivity contribution is -0.698. The van der Waals surface area contributed by atoms with Crippen LogP contribution in [0.1, 0.15) is 0 Å². The van der Waals surface area contributed by atoms with Gasteiger partial charge in [-0.3, -0.25) is 0 Å². The lowest BCUT2D eigenvalue weighted by Crippen LogP contribution is -2.35. The number of rotatable bonds is 10.